The number of aromatic amines is 1. The second kappa shape index (κ2) is 7.75. The Hall–Kier alpha value is -0.920. The fraction of sp³-hybridized carbons (Fsp3) is 0.769. The van der Waals surface area contributed by atoms with Crippen LogP contribution in [0.1, 0.15) is 38.4 Å². The summed E-state index contributed by atoms with van der Waals surface area (Å²) in [5.74, 6) is 0. The van der Waals surface area contributed by atoms with E-state index in [1.165, 1.54) is 0 Å². The Morgan fingerprint density at radius 3 is 2.60 bits per heavy atom. The van der Waals surface area contributed by atoms with Crippen LogP contribution >= 0.6 is 0 Å². The molecule has 1 rings (SSSR count). The number of sulfonamides is 1. The van der Waals surface area contributed by atoms with E-state index in [0.29, 0.717) is 13.1 Å². The van der Waals surface area contributed by atoms with Crippen LogP contribution in [0, 0.1) is 6.92 Å². The highest BCUT2D eigenvalue weighted by atomic mass is 32.2. The van der Waals surface area contributed by atoms with Crippen molar-refractivity contribution in [3.05, 3.63) is 17.5 Å². The second-order valence-corrected chi connectivity index (χ2v) is 7.62. The van der Waals surface area contributed by atoms with Crippen LogP contribution in [0.3, 0.4) is 0 Å². The summed E-state index contributed by atoms with van der Waals surface area (Å²) in [6, 6.07) is 0.289. The zero-order valence-corrected chi connectivity index (χ0v) is 13.5. The molecule has 0 saturated carbocycles. The van der Waals surface area contributed by atoms with Crippen molar-refractivity contribution < 1.29 is 8.42 Å². The molecule has 1 aromatic rings. The Morgan fingerprint density at radius 2 is 2.05 bits per heavy atom. The van der Waals surface area contributed by atoms with Crippen LogP contribution in [0.4, 0.5) is 0 Å². The van der Waals surface area contributed by atoms with Gasteiger partial charge in [-0.15, -0.1) is 0 Å². The molecule has 0 aliphatic carbocycles. The number of aryl methyl sites for hydroxylation is 2. The zero-order valence-electron chi connectivity index (χ0n) is 12.7. The molecule has 0 spiro atoms. The molecule has 6 nitrogen and oxygen atoms in total. The van der Waals surface area contributed by atoms with Crippen LogP contribution in [-0.4, -0.2) is 43.0 Å². The predicted octanol–water partition coefficient (Wildman–Crippen LogP) is 0.957. The molecular formula is C13H26N4O2S. The van der Waals surface area contributed by atoms with Crippen LogP contribution in [0.15, 0.2) is 6.20 Å². The summed E-state index contributed by atoms with van der Waals surface area (Å²) in [6.07, 6.45) is 3.38. The molecule has 0 aromatic carbocycles. The van der Waals surface area contributed by atoms with Gasteiger partial charge in [0.1, 0.15) is 0 Å². The molecule has 1 atom stereocenters. The van der Waals surface area contributed by atoms with Crippen molar-refractivity contribution in [1.29, 1.82) is 0 Å². The second-order valence-electron chi connectivity index (χ2n) is 5.44. The molecule has 0 saturated heterocycles. The maximum absolute atomic E-state index is 12.0. The highest BCUT2D eigenvalue weighted by Crippen LogP contribution is 2.05. The maximum atomic E-state index is 12.0. The maximum Gasteiger partial charge on any atom is 0.215 e. The molecule has 1 aromatic heterocycles. The first-order chi connectivity index (χ1) is 9.33. The first-order valence-corrected chi connectivity index (χ1v) is 8.58. The Kier molecular flexibility index (Phi) is 6.64. The third kappa shape index (κ3) is 5.60. The van der Waals surface area contributed by atoms with Crippen LogP contribution in [0.2, 0.25) is 0 Å². The van der Waals surface area contributed by atoms with E-state index in [0.717, 1.165) is 24.1 Å². The van der Waals surface area contributed by atoms with Gasteiger partial charge in [0.05, 0.1) is 11.4 Å². The van der Waals surface area contributed by atoms with E-state index in [2.05, 4.69) is 20.2 Å². The number of hydrogen-bond donors (Lipinski definition) is 3. The molecule has 0 aliphatic rings. The lowest BCUT2D eigenvalue weighted by Crippen LogP contribution is -2.41. The van der Waals surface area contributed by atoms with Crippen molar-refractivity contribution in [2.75, 3.05) is 13.1 Å². The van der Waals surface area contributed by atoms with Crippen molar-refractivity contribution in [3.63, 3.8) is 0 Å². The van der Waals surface area contributed by atoms with E-state index in [1.807, 2.05) is 20.8 Å². The van der Waals surface area contributed by atoms with E-state index in [1.54, 1.807) is 13.1 Å². The van der Waals surface area contributed by atoms with E-state index >= 15 is 0 Å². The van der Waals surface area contributed by atoms with Gasteiger partial charge in [-0.25, -0.2) is 13.1 Å². The minimum atomic E-state index is -3.24. The van der Waals surface area contributed by atoms with Crippen molar-refractivity contribution in [2.45, 2.75) is 51.8 Å². The Bertz CT molecular complexity index is 496. The zero-order chi connectivity index (χ0) is 15.2. The minimum Gasteiger partial charge on any atom is -0.313 e. The Balaban J connectivity index is 2.30. The fourth-order valence-corrected chi connectivity index (χ4v) is 2.80. The SMILES string of the molecule is Cc1[nH]ncc1CCCNS(=O)(=O)C(C)CNC(C)C. The van der Waals surface area contributed by atoms with Gasteiger partial charge in [0.2, 0.25) is 10.0 Å². The van der Waals surface area contributed by atoms with Gasteiger partial charge in [-0.05, 0) is 32.3 Å². The summed E-state index contributed by atoms with van der Waals surface area (Å²) in [6.45, 7) is 8.61. The van der Waals surface area contributed by atoms with E-state index in [-0.39, 0.29) is 6.04 Å². The summed E-state index contributed by atoms with van der Waals surface area (Å²) in [7, 11) is -3.24. The first-order valence-electron chi connectivity index (χ1n) is 7.03. The van der Waals surface area contributed by atoms with Crippen molar-refractivity contribution in [1.82, 2.24) is 20.2 Å². The molecule has 0 amide bonds. The first kappa shape index (κ1) is 17.1. The van der Waals surface area contributed by atoms with Gasteiger partial charge in [0, 0.05) is 24.8 Å². The molecule has 7 heteroatoms. The van der Waals surface area contributed by atoms with Crippen LogP contribution < -0.4 is 10.0 Å². The Labute approximate surface area is 121 Å². The number of rotatable bonds is 9. The van der Waals surface area contributed by atoms with Crippen molar-refractivity contribution in [2.24, 2.45) is 0 Å². The summed E-state index contributed by atoms with van der Waals surface area (Å²) in [5, 5.41) is 9.53. The average molecular weight is 302 g/mol. The fourth-order valence-electron chi connectivity index (χ4n) is 1.77. The molecule has 1 heterocycles. The monoisotopic (exact) mass is 302 g/mol. The molecule has 3 N–H and O–H groups in total. The van der Waals surface area contributed by atoms with Crippen LogP contribution in [-0.2, 0) is 16.4 Å². The van der Waals surface area contributed by atoms with E-state index in [4.69, 9.17) is 0 Å². The summed E-state index contributed by atoms with van der Waals surface area (Å²) >= 11 is 0. The molecule has 1 unspecified atom stereocenters. The lowest BCUT2D eigenvalue weighted by atomic mass is 10.1. The van der Waals surface area contributed by atoms with Gasteiger partial charge in [0.15, 0.2) is 0 Å². The predicted molar refractivity (Wildman–Crippen MR) is 81.2 cm³/mol. The summed E-state index contributed by atoms with van der Waals surface area (Å²) < 4.78 is 26.7. The normalized spacial score (nSPS) is 13.8. The van der Waals surface area contributed by atoms with Gasteiger partial charge in [-0.3, -0.25) is 5.10 Å². The number of nitrogens with zero attached hydrogens (tertiary/aromatic N) is 1. The van der Waals surface area contributed by atoms with E-state index < -0.39 is 15.3 Å². The molecular weight excluding hydrogens is 276 g/mol. The molecule has 20 heavy (non-hydrogen) atoms. The molecule has 0 radical (unpaired) electrons. The van der Waals surface area contributed by atoms with Gasteiger partial charge in [-0.2, -0.15) is 5.10 Å². The molecule has 0 aliphatic heterocycles. The lowest BCUT2D eigenvalue weighted by molar-refractivity contribution is 0.539. The number of H-pyrrole nitrogens is 1. The van der Waals surface area contributed by atoms with Crippen LogP contribution in [0.25, 0.3) is 0 Å². The summed E-state index contributed by atoms with van der Waals surface area (Å²) in [5.41, 5.74) is 2.18. The van der Waals surface area contributed by atoms with E-state index in [9.17, 15) is 8.42 Å². The smallest absolute Gasteiger partial charge is 0.215 e. The Morgan fingerprint density at radius 1 is 1.35 bits per heavy atom. The largest absolute Gasteiger partial charge is 0.313 e. The number of hydrogen-bond acceptors (Lipinski definition) is 4. The topological polar surface area (TPSA) is 86.9 Å². The average Bonchev–Trinajstić information content (AvgIpc) is 2.77. The van der Waals surface area contributed by atoms with Crippen molar-refractivity contribution in [3.8, 4) is 0 Å². The number of aromatic nitrogens is 2. The third-order valence-electron chi connectivity index (χ3n) is 3.20. The van der Waals surface area contributed by atoms with Gasteiger partial charge in [-0.1, -0.05) is 13.8 Å². The quantitative estimate of drug-likeness (QED) is 0.593. The molecule has 0 bridgehead atoms. The number of nitrogens with one attached hydrogen (secondary N) is 3. The van der Waals surface area contributed by atoms with Gasteiger partial charge < -0.3 is 5.32 Å². The lowest BCUT2D eigenvalue weighted by Gasteiger charge is -2.16. The molecule has 0 fully saturated rings. The van der Waals surface area contributed by atoms with Crippen molar-refractivity contribution >= 4 is 10.0 Å². The van der Waals surface area contributed by atoms with Gasteiger partial charge in [0.25, 0.3) is 0 Å². The third-order valence-corrected chi connectivity index (χ3v) is 5.04. The highest BCUT2D eigenvalue weighted by Gasteiger charge is 2.19. The van der Waals surface area contributed by atoms with Gasteiger partial charge >= 0.3 is 0 Å². The minimum absolute atomic E-state index is 0.289. The molecule has 116 valence electrons. The standard InChI is InChI=1S/C13H26N4O2S/c1-10(2)14-8-11(3)20(18,19)16-7-5-6-13-9-15-17-12(13)4/h9-11,14,16H,5-8H2,1-4H3,(H,15,17). The van der Waals surface area contributed by atoms with Crippen LogP contribution in [0.5, 0.6) is 0 Å². The highest BCUT2D eigenvalue weighted by molar-refractivity contribution is 7.90. The summed E-state index contributed by atoms with van der Waals surface area (Å²) in [4.78, 5) is 0.